The third-order valence-electron chi connectivity index (χ3n) is 4.57. The minimum absolute atomic E-state index is 0.338. The summed E-state index contributed by atoms with van der Waals surface area (Å²) in [5, 5.41) is 3.64. The maximum absolute atomic E-state index is 5.55. The second-order valence-corrected chi connectivity index (χ2v) is 6.30. The normalized spacial score (nSPS) is 20.9. The number of hydrogen-bond acceptors (Lipinski definition) is 3. The maximum atomic E-state index is 5.55. The van der Waals surface area contributed by atoms with Crippen LogP contribution in [0.15, 0.2) is 24.3 Å². The Labute approximate surface area is 129 Å². The van der Waals surface area contributed by atoms with E-state index < -0.39 is 0 Å². The molecule has 1 N–H and O–H groups in total. The van der Waals surface area contributed by atoms with Gasteiger partial charge in [-0.05, 0) is 37.9 Å². The molecule has 1 aromatic carbocycles. The van der Waals surface area contributed by atoms with Crippen molar-refractivity contribution in [2.45, 2.75) is 45.7 Å². The van der Waals surface area contributed by atoms with E-state index >= 15 is 0 Å². The third-order valence-corrected chi connectivity index (χ3v) is 4.57. The van der Waals surface area contributed by atoms with Gasteiger partial charge in [0, 0.05) is 24.2 Å². The fraction of sp³-hybridized carbons (Fsp3) is 0.667. The molecule has 0 radical (unpaired) electrons. The number of methoxy groups -OCH3 is 1. The van der Waals surface area contributed by atoms with Crippen LogP contribution in [0.2, 0.25) is 0 Å². The molecule has 0 amide bonds. The van der Waals surface area contributed by atoms with Crippen LogP contribution in [0.25, 0.3) is 0 Å². The van der Waals surface area contributed by atoms with Crippen molar-refractivity contribution in [3.8, 4) is 5.75 Å². The molecule has 1 aromatic rings. The van der Waals surface area contributed by atoms with Gasteiger partial charge in [0.1, 0.15) is 5.75 Å². The predicted octanol–water partition coefficient (Wildman–Crippen LogP) is 3.47. The number of nitrogens with zero attached hydrogens (tertiary/aromatic N) is 1. The fourth-order valence-corrected chi connectivity index (χ4v) is 3.54. The van der Waals surface area contributed by atoms with Gasteiger partial charge < -0.3 is 10.1 Å². The maximum Gasteiger partial charge on any atom is 0.123 e. The monoisotopic (exact) mass is 290 g/mol. The molecule has 1 aliphatic rings. The minimum Gasteiger partial charge on any atom is -0.496 e. The molecule has 2 rings (SSSR count). The summed E-state index contributed by atoms with van der Waals surface area (Å²) in [4.78, 5) is 2.66. The number of benzene rings is 1. The van der Waals surface area contributed by atoms with Crippen molar-refractivity contribution in [1.29, 1.82) is 0 Å². The fourth-order valence-electron chi connectivity index (χ4n) is 3.54. The Kier molecular flexibility index (Phi) is 6.07. The highest BCUT2D eigenvalue weighted by atomic mass is 16.5. The van der Waals surface area contributed by atoms with Crippen molar-refractivity contribution in [3.63, 3.8) is 0 Å². The lowest BCUT2D eigenvalue weighted by Crippen LogP contribution is -2.40. The van der Waals surface area contributed by atoms with Crippen LogP contribution in [0, 0.1) is 5.92 Å². The Morgan fingerprint density at radius 1 is 1.33 bits per heavy atom. The Balaban J connectivity index is 2.15. The Morgan fingerprint density at radius 2 is 2.10 bits per heavy atom. The molecule has 0 saturated carbocycles. The van der Waals surface area contributed by atoms with Gasteiger partial charge in [-0.2, -0.15) is 0 Å². The highest BCUT2D eigenvalue weighted by Gasteiger charge is 2.29. The van der Waals surface area contributed by atoms with Crippen molar-refractivity contribution >= 4 is 0 Å². The van der Waals surface area contributed by atoms with Crippen LogP contribution >= 0.6 is 0 Å². The van der Waals surface area contributed by atoms with E-state index in [0.717, 1.165) is 30.8 Å². The highest BCUT2D eigenvalue weighted by Crippen LogP contribution is 2.30. The lowest BCUT2D eigenvalue weighted by atomic mass is 10.00. The Hall–Kier alpha value is -1.06. The first-order valence-electron chi connectivity index (χ1n) is 8.27. The average molecular weight is 290 g/mol. The van der Waals surface area contributed by atoms with Crippen LogP contribution in [0.5, 0.6) is 5.75 Å². The van der Waals surface area contributed by atoms with Gasteiger partial charge in [-0.3, -0.25) is 4.90 Å². The van der Waals surface area contributed by atoms with E-state index in [0.29, 0.717) is 6.04 Å². The van der Waals surface area contributed by atoms with E-state index in [2.05, 4.69) is 49.2 Å². The number of nitrogens with one attached hydrogen (secondary N) is 1. The van der Waals surface area contributed by atoms with Crippen LogP contribution in [-0.2, 0) is 0 Å². The van der Waals surface area contributed by atoms with Crippen molar-refractivity contribution in [1.82, 2.24) is 10.2 Å². The van der Waals surface area contributed by atoms with Gasteiger partial charge in [0.2, 0.25) is 0 Å². The van der Waals surface area contributed by atoms with Crippen LogP contribution in [-0.4, -0.2) is 37.7 Å². The number of hydrogen-bond donors (Lipinski definition) is 1. The quantitative estimate of drug-likeness (QED) is 0.832. The van der Waals surface area contributed by atoms with Crippen molar-refractivity contribution in [3.05, 3.63) is 29.8 Å². The van der Waals surface area contributed by atoms with E-state index in [1.54, 1.807) is 7.11 Å². The largest absolute Gasteiger partial charge is 0.496 e. The molecular weight excluding hydrogens is 260 g/mol. The zero-order valence-corrected chi connectivity index (χ0v) is 13.9. The lowest BCUT2D eigenvalue weighted by Gasteiger charge is -2.32. The van der Waals surface area contributed by atoms with E-state index in [1.165, 1.54) is 24.9 Å². The number of ether oxygens (including phenoxy) is 1. The lowest BCUT2D eigenvalue weighted by molar-refractivity contribution is 0.185. The van der Waals surface area contributed by atoms with Gasteiger partial charge in [0.15, 0.2) is 0 Å². The highest BCUT2D eigenvalue weighted by molar-refractivity contribution is 5.36. The van der Waals surface area contributed by atoms with E-state index in [9.17, 15) is 0 Å². The van der Waals surface area contributed by atoms with E-state index in [1.807, 2.05) is 6.07 Å². The molecule has 2 unspecified atom stereocenters. The van der Waals surface area contributed by atoms with Crippen LogP contribution in [0.4, 0.5) is 0 Å². The van der Waals surface area contributed by atoms with Crippen molar-refractivity contribution in [2.75, 3.05) is 26.7 Å². The van der Waals surface area contributed by atoms with Gasteiger partial charge in [-0.15, -0.1) is 0 Å². The Morgan fingerprint density at radius 3 is 2.76 bits per heavy atom. The number of likely N-dealkylation sites (tertiary alicyclic amines) is 1. The third kappa shape index (κ3) is 3.98. The Bertz CT molecular complexity index is 433. The summed E-state index contributed by atoms with van der Waals surface area (Å²) in [6.07, 6.45) is 2.66. The summed E-state index contributed by atoms with van der Waals surface area (Å²) in [6, 6.07) is 9.45. The molecule has 1 heterocycles. The summed E-state index contributed by atoms with van der Waals surface area (Å²) in [5.74, 6) is 1.72. The first kappa shape index (κ1) is 16.3. The summed E-state index contributed by atoms with van der Waals surface area (Å²) < 4.78 is 5.55. The van der Waals surface area contributed by atoms with Gasteiger partial charge in [0.05, 0.1) is 7.11 Å². The molecule has 2 atom stereocenters. The van der Waals surface area contributed by atoms with Gasteiger partial charge in [0.25, 0.3) is 0 Å². The van der Waals surface area contributed by atoms with E-state index in [4.69, 9.17) is 4.74 Å². The first-order chi connectivity index (χ1) is 10.2. The van der Waals surface area contributed by atoms with Gasteiger partial charge in [-0.25, -0.2) is 0 Å². The molecule has 1 saturated heterocycles. The second-order valence-electron chi connectivity index (χ2n) is 6.30. The predicted molar refractivity (Wildman–Crippen MR) is 88.8 cm³/mol. The molecule has 0 aromatic heterocycles. The number of likely N-dealkylation sites (N-methyl/N-ethyl adjacent to an activating group) is 1. The van der Waals surface area contributed by atoms with E-state index in [-0.39, 0.29) is 0 Å². The van der Waals surface area contributed by atoms with Gasteiger partial charge >= 0.3 is 0 Å². The minimum atomic E-state index is 0.338. The molecular formula is C18H30N2O. The number of para-hydroxylation sites is 1. The summed E-state index contributed by atoms with van der Waals surface area (Å²) in [5.41, 5.74) is 1.27. The zero-order chi connectivity index (χ0) is 15.2. The summed E-state index contributed by atoms with van der Waals surface area (Å²) in [6.45, 7) is 10.1. The molecule has 0 aliphatic carbocycles. The van der Waals surface area contributed by atoms with Crippen LogP contribution < -0.4 is 10.1 Å². The molecule has 3 heteroatoms. The number of rotatable bonds is 7. The molecule has 118 valence electrons. The van der Waals surface area contributed by atoms with Gasteiger partial charge in [-0.1, -0.05) is 39.0 Å². The topological polar surface area (TPSA) is 24.5 Å². The molecule has 0 spiro atoms. The zero-order valence-electron chi connectivity index (χ0n) is 13.9. The molecule has 0 bridgehead atoms. The average Bonchev–Trinajstić information content (AvgIpc) is 2.95. The van der Waals surface area contributed by atoms with Crippen LogP contribution in [0.3, 0.4) is 0 Å². The molecule has 21 heavy (non-hydrogen) atoms. The van der Waals surface area contributed by atoms with Crippen LogP contribution in [0.1, 0.15) is 45.2 Å². The second kappa shape index (κ2) is 7.81. The molecule has 1 aliphatic heterocycles. The molecule has 1 fully saturated rings. The SMILES string of the molecule is CCNC(CN1CCCC1C(C)C)c1ccccc1OC. The summed E-state index contributed by atoms with van der Waals surface area (Å²) >= 11 is 0. The first-order valence-corrected chi connectivity index (χ1v) is 8.27. The smallest absolute Gasteiger partial charge is 0.123 e. The van der Waals surface area contributed by atoms with Crippen molar-refractivity contribution < 1.29 is 4.74 Å². The molecule has 3 nitrogen and oxygen atoms in total. The van der Waals surface area contributed by atoms with Crippen molar-refractivity contribution in [2.24, 2.45) is 5.92 Å². The summed E-state index contributed by atoms with van der Waals surface area (Å²) in [7, 11) is 1.76. The standard InChI is InChI=1S/C18H30N2O/c1-5-19-16(15-9-6-7-11-18(15)21-4)13-20-12-8-10-17(20)14(2)3/h6-7,9,11,14,16-17,19H,5,8,10,12-13H2,1-4H3.